The lowest BCUT2D eigenvalue weighted by Crippen LogP contribution is -2.29. The number of aliphatic hydroxyl groups excluding tert-OH is 1. The zero-order chi connectivity index (χ0) is 20.3. The number of amides is 1. The van der Waals surface area contributed by atoms with Crippen molar-refractivity contribution in [3.05, 3.63) is 65.6 Å². The normalized spacial score (nSPS) is 15.4. The number of pyridine rings is 1. The molecule has 3 rings (SSSR count). The molecule has 1 aliphatic heterocycles. The van der Waals surface area contributed by atoms with Crippen LogP contribution >= 0.6 is 11.8 Å². The number of aliphatic hydroxyl groups is 1. The molecular formula is C22H29N3O3S. The fourth-order valence-electron chi connectivity index (χ4n) is 3.29. The number of thioether (sulfide) groups is 1. The van der Waals surface area contributed by atoms with Crippen LogP contribution in [0, 0.1) is 0 Å². The molecule has 6 nitrogen and oxygen atoms in total. The molecule has 1 saturated heterocycles. The van der Waals surface area contributed by atoms with Crippen molar-refractivity contribution in [3.63, 3.8) is 0 Å². The van der Waals surface area contributed by atoms with Crippen molar-refractivity contribution < 1.29 is 14.3 Å². The predicted molar refractivity (Wildman–Crippen MR) is 116 cm³/mol. The van der Waals surface area contributed by atoms with E-state index in [4.69, 9.17) is 4.42 Å². The average Bonchev–Trinajstić information content (AvgIpc) is 3.25. The zero-order valence-corrected chi connectivity index (χ0v) is 17.5. The molecular weight excluding hydrogens is 386 g/mol. The number of aromatic nitrogens is 1. The number of nitrogens with one attached hydrogen (secondary N) is 1. The number of nitrogens with zero attached hydrogens (tertiary/aromatic N) is 2. The molecule has 0 radical (unpaired) electrons. The second kappa shape index (κ2) is 11.7. The van der Waals surface area contributed by atoms with Gasteiger partial charge in [-0.05, 0) is 61.8 Å². The van der Waals surface area contributed by atoms with E-state index in [1.165, 1.54) is 36.6 Å². The van der Waals surface area contributed by atoms with E-state index in [9.17, 15) is 9.90 Å². The minimum atomic E-state index is -0.108. The second-order valence-corrected chi connectivity index (χ2v) is 8.23. The maximum Gasteiger partial charge on any atom is 0.230 e. The number of hydrogen-bond donors (Lipinski definition) is 2. The van der Waals surface area contributed by atoms with Crippen LogP contribution in [0.1, 0.15) is 36.3 Å². The maximum absolute atomic E-state index is 11.9. The van der Waals surface area contributed by atoms with Crippen molar-refractivity contribution in [2.75, 3.05) is 25.4 Å². The standard InChI is InChI=1S/C22H29N3O3S/c26-20(14-24-22(27)17-29-16-21-5-4-12-28-21)7-6-19-13-18(8-9-23-19)15-25-10-2-1-3-11-25/h4-5,7-9,12-13,26H,1-3,6,10-11,14-17H2,(H,24,27). The third kappa shape index (κ3) is 7.95. The van der Waals surface area contributed by atoms with Gasteiger partial charge in [-0.2, -0.15) is 0 Å². The fraction of sp³-hybridized carbons (Fsp3) is 0.455. The topological polar surface area (TPSA) is 78.6 Å². The lowest BCUT2D eigenvalue weighted by molar-refractivity contribution is -0.118. The third-order valence-electron chi connectivity index (χ3n) is 4.81. The maximum atomic E-state index is 11.9. The monoisotopic (exact) mass is 415 g/mol. The summed E-state index contributed by atoms with van der Waals surface area (Å²) in [6, 6.07) is 7.87. The van der Waals surface area contributed by atoms with E-state index in [2.05, 4.69) is 27.3 Å². The third-order valence-corrected chi connectivity index (χ3v) is 5.76. The van der Waals surface area contributed by atoms with Gasteiger partial charge in [0.05, 0.1) is 24.3 Å². The van der Waals surface area contributed by atoms with Crippen molar-refractivity contribution in [2.24, 2.45) is 0 Å². The van der Waals surface area contributed by atoms with Crippen molar-refractivity contribution in [3.8, 4) is 0 Å². The Labute approximate surface area is 176 Å². The molecule has 29 heavy (non-hydrogen) atoms. The van der Waals surface area contributed by atoms with E-state index in [0.717, 1.165) is 31.1 Å². The number of allylic oxidation sites excluding steroid dienone is 1. The summed E-state index contributed by atoms with van der Waals surface area (Å²) in [5, 5.41) is 12.8. The molecule has 3 heterocycles. The average molecular weight is 416 g/mol. The molecule has 2 aromatic rings. The number of piperidine rings is 1. The molecule has 0 spiro atoms. The summed E-state index contributed by atoms with van der Waals surface area (Å²) in [5.74, 6) is 1.87. The number of hydrogen-bond acceptors (Lipinski definition) is 6. The van der Waals surface area contributed by atoms with E-state index in [-0.39, 0.29) is 18.2 Å². The number of carbonyl (C=O) groups is 1. The van der Waals surface area contributed by atoms with Gasteiger partial charge in [0.25, 0.3) is 0 Å². The Morgan fingerprint density at radius 1 is 1.31 bits per heavy atom. The van der Waals surface area contributed by atoms with Crippen LogP contribution in [0.4, 0.5) is 0 Å². The van der Waals surface area contributed by atoms with Crippen molar-refractivity contribution in [1.29, 1.82) is 0 Å². The molecule has 1 amide bonds. The van der Waals surface area contributed by atoms with Gasteiger partial charge in [-0.1, -0.05) is 6.42 Å². The van der Waals surface area contributed by atoms with Crippen molar-refractivity contribution in [1.82, 2.24) is 15.2 Å². The van der Waals surface area contributed by atoms with Crippen LogP contribution in [0.3, 0.4) is 0 Å². The molecule has 0 aliphatic carbocycles. The number of carbonyl (C=O) groups excluding carboxylic acids is 1. The fourth-order valence-corrected chi connectivity index (χ4v) is 4.04. The first-order valence-corrected chi connectivity index (χ1v) is 11.3. The summed E-state index contributed by atoms with van der Waals surface area (Å²) < 4.78 is 5.23. The second-order valence-electron chi connectivity index (χ2n) is 7.24. The highest BCUT2D eigenvalue weighted by Crippen LogP contribution is 2.14. The van der Waals surface area contributed by atoms with Gasteiger partial charge < -0.3 is 14.8 Å². The molecule has 7 heteroatoms. The van der Waals surface area contributed by atoms with Crippen LogP contribution in [0.2, 0.25) is 0 Å². The minimum Gasteiger partial charge on any atom is -0.511 e. The minimum absolute atomic E-state index is 0.108. The van der Waals surface area contributed by atoms with Gasteiger partial charge in [-0.25, -0.2) is 0 Å². The SMILES string of the molecule is O=C(CSCc1ccco1)NCC(O)=CCc1cc(CN2CCCCC2)ccn1. The number of likely N-dealkylation sites (tertiary alicyclic amines) is 1. The molecule has 1 aliphatic rings. The predicted octanol–water partition coefficient (Wildman–Crippen LogP) is 3.69. The molecule has 1 fully saturated rings. The van der Waals surface area contributed by atoms with Crippen molar-refractivity contribution >= 4 is 17.7 Å². The molecule has 0 atom stereocenters. The van der Waals surface area contributed by atoms with Crippen LogP contribution < -0.4 is 5.32 Å². The summed E-state index contributed by atoms with van der Waals surface area (Å²) >= 11 is 1.48. The van der Waals surface area contributed by atoms with E-state index in [1.807, 2.05) is 18.3 Å². The first-order valence-electron chi connectivity index (χ1n) is 10.1. The van der Waals surface area contributed by atoms with Gasteiger partial charge >= 0.3 is 0 Å². The first kappa shape index (κ1) is 21.5. The zero-order valence-electron chi connectivity index (χ0n) is 16.7. The Morgan fingerprint density at radius 2 is 2.17 bits per heavy atom. The highest BCUT2D eigenvalue weighted by molar-refractivity contribution is 7.99. The highest BCUT2D eigenvalue weighted by Gasteiger charge is 2.10. The van der Waals surface area contributed by atoms with Gasteiger partial charge in [0.15, 0.2) is 0 Å². The van der Waals surface area contributed by atoms with Gasteiger partial charge in [-0.3, -0.25) is 14.7 Å². The molecule has 0 unspecified atom stereocenters. The summed E-state index contributed by atoms with van der Waals surface area (Å²) in [5.41, 5.74) is 2.18. The van der Waals surface area contributed by atoms with E-state index < -0.39 is 0 Å². The molecule has 2 N–H and O–H groups in total. The quantitative estimate of drug-likeness (QED) is 0.576. The van der Waals surface area contributed by atoms with Crippen LogP contribution in [0.25, 0.3) is 0 Å². The number of rotatable bonds is 10. The van der Waals surface area contributed by atoms with E-state index >= 15 is 0 Å². The Hall–Kier alpha value is -2.25. The summed E-state index contributed by atoms with van der Waals surface area (Å²) in [6.45, 7) is 3.42. The molecule has 0 aromatic carbocycles. The summed E-state index contributed by atoms with van der Waals surface area (Å²) in [4.78, 5) is 18.7. The van der Waals surface area contributed by atoms with Crippen LogP contribution in [0.5, 0.6) is 0 Å². The molecule has 0 saturated carbocycles. The first-order chi connectivity index (χ1) is 14.2. The lowest BCUT2D eigenvalue weighted by atomic mass is 10.1. The van der Waals surface area contributed by atoms with Gasteiger partial charge in [-0.15, -0.1) is 11.8 Å². The Bertz CT molecular complexity index is 786. The highest BCUT2D eigenvalue weighted by atomic mass is 32.2. The van der Waals surface area contributed by atoms with E-state index in [1.54, 1.807) is 12.3 Å². The molecule has 2 aromatic heterocycles. The Kier molecular flexibility index (Phi) is 8.64. The van der Waals surface area contributed by atoms with Gasteiger partial charge in [0.2, 0.25) is 5.91 Å². The largest absolute Gasteiger partial charge is 0.511 e. The molecule has 156 valence electrons. The van der Waals surface area contributed by atoms with Gasteiger partial charge in [0.1, 0.15) is 11.5 Å². The van der Waals surface area contributed by atoms with Crippen molar-refractivity contribution in [2.45, 2.75) is 38.0 Å². The lowest BCUT2D eigenvalue weighted by Gasteiger charge is -2.26. The Morgan fingerprint density at radius 3 is 2.97 bits per heavy atom. The summed E-state index contributed by atoms with van der Waals surface area (Å²) in [6.07, 6.45) is 9.60. The van der Waals surface area contributed by atoms with Gasteiger partial charge in [0, 0.05) is 24.9 Å². The number of furan rings is 1. The van der Waals surface area contributed by atoms with E-state index in [0.29, 0.717) is 17.9 Å². The van der Waals surface area contributed by atoms with Crippen LogP contribution in [-0.4, -0.2) is 46.3 Å². The Balaban J connectivity index is 1.37. The summed E-state index contributed by atoms with van der Waals surface area (Å²) in [7, 11) is 0. The molecule has 0 bridgehead atoms. The smallest absolute Gasteiger partial charge is 0.230 e. The van der Waals surface area contributed by atoms with Crippen LogP contribution in [-0.2, 0) is 23.5 Å². The van der Waals surface area contributed by atoms with Crippen LogP contribution in [0.15, 0.2) is 53.0 Å².